The summed E-state index contributed by atoms with van der Waals surface area (Å²) in [6.07, 6.45) is 4.24. The fraction of sp³-hybridized carbons (Fsp3) is 0.625. The van der Waals surface area contributed by atoms with Crippen molar-refractivity contribution in [3.63, 3.8) is 0 Å². The summed E-state index contributed by atoms with van der Waals surface area (Å²) < 4.78 is 5.31. The Labute approximate surface area is 127 Å². The highest BCUT2D eigenvalue weighted by Gasteiger charge is 2.19. The maximum Gasteiger partial charge on any atom is 0.410 e. The van der Waals surface area contributed by atoms with Gasteiger partial charge in [-0.3, -0.25) is 4.98 Å². The average Bonchev–Trinajstić information content (AvgIpc) is 2.42. The molecular formula is C16H27N3O2. The smallest absolute Gasteiger partial charge is 0.410 e. The Hall–Kier alpha value is -1.62. The highest BCUT2D eigenvalue weighted by atomic mass is 16.6. The fourth-order valence-corrected chi connectivity index (χ4v) is 1.82. The number of hydrogen-bond acceptors (Lipinski definition) is 4. The van der Waals surface area contributed by atoms with Gasteiger partial charge in [0.05, 0.1) is 0 Å². The molecule has 1 atom stereocenters. The van der Waals surface area contributed by atoms with E-state index in [1.54, 1.807) is 18.1 Å². The van der Waals surface area contributed by atoms with E-state index in [0.29, 0.717) is 6.54 Å². The second-order valence-corrected chi connectivity index (χ2v) is 6.22. The van der Waals surface area contributed by atoms with Gasteiger partial charge in [-0.05, 0) is 52.3 Å². The van der Waals surface area contributed by atoms with Crippen molar-refractivity contribution >= 4 is 6.09 Å². The van der Waals surface area contributed by atoms with E-state index in [1.807, 2.05) is 33.0 Å². The fourth-order valence-electron chi connectivity index (χ4n) is 1.82. The van der Waals surface area contributed by atoms with Gasteiger partial charge in [0.1, 0.15) is 5.60 Å². The van der Waals surface area contributed by atoms with Crippen LogP contribution < -0.4 is 5.32 Å². The van der Waals surface area contributed by atoms with Crippen LogP contribution in [0.1, 0.15) is 45.7 Å². The molecule has 0 aromatic carbocycles. The Morgan fingerprint density at radius 2 is 2.19 bits per heavy atom. The quantitative estimate of drug-likeness (QED) is 0.819. The standard InChI is InChI=1S/C16H27N3O2/c1-13(14-8-6-9-17-12-14)18-10-7-11-19(5)15(20)21-16(2,3)4/h6,8-9,12-13,18H,7,10-11H2,1-5H3. The molecule has 1 rings (SSSR count). The highest BCUT2D eigenvalue weighted by molar-refractivity contribution is 5.67. The molecule has 21 heavy (non-hydrogen) atoms. The molecule has 1 aromatic rings. The number of hydrogen-bond donors (Lipinski definition) is 1. The van der Waals surface area contributed by atoms with E-state index in [-0.39, 0.29) is 12.1 Å². The second-order valence-electron chi connectivity index (χ2n) is 6.22. The Morgan fingerprint density at radius 3 is 2.76 bits per heavy atom. The van der Waals surface area contributed by atoms with E-state index in [0.717, 1.165) is 18.5 Å². The third-order valence-electron chi connectivity index (χ3n) is 3.01. The molecule has 1 aromatic heterocycles. The molecule has 0 radical (unpaired) electrons. The van der Waals surface area contributed by atoms with Crippen molar-refractivity contribution in [2.45, 2.75) is 45.8 Å². The van der Waals surface area contributed by atoms with Crippen LogP contribution in [0.2, 0.25) is 0 Å². The molecule has 0 spiro atoms. The van der Waals surface area contributed by atoms with Gasteiger partial charge in [0.25, 0.3) is 0 Å². The van der Waals surface area contributed by atoms with Crippen molar-refractivity contribution in [2.75, 3.05) is 20.1 Å². The van der Waals surface area contributed by atoms with Crippen LogP contribution in [0.3, 0.4) is 0 Å². The lowest BCUT2D eigenvalue weighted by atomic mass is 10.1. The van der Waals surface area contributed by atoms with Crippen molar-refractivity contribution in [3.8, 4) is 0 Å². The van der Waals surface area contributed by atoms with Crippen LogP contribution in [0.5, 0.6) is 0 Å². The molecule has 0 saturated heterocycles. The first-order valence-corrected chi connectivity index (χ1v) is 7.37. The predicted octanol–water partition coefficient (Wildman–Crippen LogP) is 2.99. The summed E-state index contributed by atoms with van der Waals surface area (Å²) >= 11 is 0. The maximum atomic E-state index is 11.8. The second kappa shape index (κ2) is 7.98. The van der Waals surface area contributed by atoms with Gasteiger partial charge >= 0.3 is 6.09 Å². The van der Waals surface area contributed by atoms with Crippen LogP contribution in [0.25, 0.3) is 0 Å². The minimum Gasteiger partial charge on any atom is -0.444 e. The Kier molecular flexibility index (Phi) is 6.62. The molecule has 1 amide bonds. The first-order chi connectivity index (χ1) is 9.79. The van der Waals surface area contributed by atoms with Crippen LogP contribution in [0, 0.1) is 0 Å². The Balaban J connectivity index is 2.23. The summed E-state index contributed by atoms with van der Waals surface area (Å²) in [6.45, 7) is 9.22. The number of rotatable bonds is 6. The number of nitrogens with zero attached hydrogens (tertiary/aromatic N) is 2. The summed E-state index contributed by atoms with van der Waals surface area (Å²) in [7, 11) is 1.76. The van der Waals surface area contributed by atoms with Crippen molar-refractivity contribution in [1.82, 2.24) is 15.2 Å². The lowest BCUT2D eigenvalue weighted by molar-refractivity contribution is 0.0297. The van der Waals surface area contributed by atoms with E-state index < -0.39 is 5.60 Å². The van der Waals surface area contributed by atoms with Crippen molar-refractivity contribution in [1.29, 1.82) is 0 Å². The molecule has 5 heteroatoms. The van der Waals surface area contributed by atoms with Gasteiger partial charge in [-0.1, -0.05) is 6.07 Å². The first kappa shape index (κ1) is 17.4. The van der Waals surface area contributed by atoms with Gasteiger partial charge < -0.3 is 15.0 Å². The van der Waals surface area contributed by atoms with Crippen LogP contribution in [0.15, 0.2) is 24.5 Å². The molecule has 5 nitrogen and oxygen atoms in total. The molecule has 1 unspecified atom stereocenters. The molecule has 1 heterocycles. The molecule has 0 aliphatic heterocycles. The normalized spacial score (nSPS) is 12.8. The number of ether oxygens (including phenoxy) is 1. The molecular weight excluding hydrogens is 266 g/mol. The van der Waals surface area contributed by atoms with Crippen molar-refractivity contribution in [3.05, 3.63) is 30.1 Å². The number of amides is 1. The van der Waals surface area contributed by atoms with Gasteiger partial charge in [0.2, 0.25) is 0 Å². The lowest BCUT2D eigenvalue weighted by Crippen LogP contribution is -2.35. The predicted molar refractivity (Wildman–Crippen MR) is 84.1 cm³/mol. The maximum absolute atomic E-state index is 11.8. The monoisotopic (exact) mass is 293 g/mol. The number of nitrogens with one attached hydrogen (secondary N) is 1. The molecule has 0 aliphatic rings. The minimum atomic E-state index is -0.446. The summed E-state index contributed by atoms with van der Waals surface area (Å²) in [5, 5.41) is 3.42. The highest BCUT2D eigenvalue weighted by Crippen LogP contribution is 2.10. The summed E-state index contributed by atoms with van der Waals surface area (Å²) in [5.74, 6) is 0. The number of carbonyl (C=O) groups excluding carboxylic acids is 1. The number of pyridine rings is 1. The summed E-state index contributed by atoms with van der Waals surface area (Å²) in [5.41, 5.74) is 0.719. The SMILES string of the molecule is CC(NCCCN(C)C(=O)OC(C)(C)C)c1cccnc1. The van der Waals surface area contributed by atoms with Crippen LogP contribution >= 0.6 is 0 Å². The molecule has 0 aliphatic carbocycles. The van der Waals surface area contributed by atoms with Crippen molar-refractivity contribution < 1.29 is 9.53 Å². The van der Waals surface area contributed by atoms with E-state index >= 15 is 0 Å². The van der Waals surface area contributed by atoms with Crippen LogP contribution in [-0.4, -0.2) is 41.7 Å². The number of carbonyl (C=O) groups is 1. The van der Waals surface area contributed by atoms with E-state index in [4.69, 9.17) is 4.74 Å². The van der Waals surface area contributed by atoms with Gasteiger partial charge in [-0.15, -0.1) is 0 Å². The third-order valence-corrected chi connectivity index (χ3v) is 3.01. The summed E-state index contributed by atoms with van der Waals surface area (Å²) in [6, 6.07) is 4.24. The molecule has 118 valence electrons. The van der Waals surface area contributed by atoms with Gasteiger partial charge in [-0.25, -0.2) is 4.79 Å². The van der Waals surface area contributed by atoms with Gasteiger partial charge in [0.15, 0.2) is 0 Å². The average molecular weight is 293 g/mol. The lowest BCUT2D eigenvalue weighted by Gasteiger charge is -2.24. The largest absolute Gasteiger partial charge is 0.444 e. The van der Waals surface area contributed by atoms with Gasteiger partial charge in [-0.2, -0.15) is 0 Å². The van der Waals surface area contributed by atoms with E-state index in [9.17, 15) is 4.79 Å². The van der Waals surface area contributed by atoms with Crippen LogP contribution in [-0.2, 0) is 4.74 Å². The van der Waals surface area contributed by atoms with E-state index in [1.165, 1.54) is 0 Å². The molecule has 0 fully saturated rings. The van der Waals surface area contributed by atoms with E-state index in [2.05, 4.69) is 23.3 Å². The third kappa shape index (κ3) is 7.09. The van der Waals surface area contributed by atoms with Crippen molar-refractivity contribution in [2.24, 2.45) is 0 Å². The molecule has 0 saturated carbocycles. The first-order valence-electron chi connectivity index (χ1n) is 7.37. The molecule has 0 bridgehead atoms. The van der Waals surface area contributed by atoms with Crippen LogP contribution in [0.4, 0.5) is 4.79 Å². The zero-order valence-corrected chi connectivity index (χ0v) is 13.7. The topological polar surface area (TPSA) is 54.5 Å². The Morgan fingerprint density at radius 1 is 1.48 bits per heavy atom. The molecule has 1 N–H and O–H groups in total. The number of aromatic nitrogens is 1. The summed E-state index contributed by atoms with van der Waals surface area (Å²) in [4.78, 5) is 17.5. The zero-order valence-electron chi connectivity index (χ0n) is 13.7. The minimum absolute atomic E-state index is 0.255. The van der Waals surface area contributed by atoms with Gasteiger partial charge in [0, 0.05) is 32.0 Å². The Bertz CT molecular complexity index is 429. The zero-order chi connectivity index (χ0) is 15.9.